The summed E-state index contributed by atoms with van der Waals surface area (Å²) in [4.78, 5) is 0. The Morgan fingerprint density at radius 1 is 0.714 bits per heavy atom. The molecule has 42 heavy (non-hydrogen) atoms. The Kier molecular flexibility index (Phi) is 51.5. The van der Waals surface area contributed by atoms with Gasteiger partial charge < -0.3 is 12.0 Å². The third-order valence-electron chi connectivity index (χ3n) is 5.01. The molecule has 1 nitrogen and oxygen atoms in total. The SMILES string of the molecule is CC(C)(C)[O-].CC(C)c1ccccc1.CCc1ccccc1.[CH2-]C(C)CC.[K+].[K+].[K+].[Li+].[Na+].[c-]1ccc2ccccc2c1. The van der Waals surface area contributed by atoms with Crippen molar-refractivity contribution >= 4 is 10.8 Å². The van der Waals surface area contributed by atoms with E-state index >= 15 is 0 Å². The molecule has 0 aliphatic heterocycles. The summed E-state index contributed by atoms with van der Waals surface area (Å²) < 4.78 is 0. The smallest absolute Gasteiger partial charge is 0.850 e. The molecule has 4 rings (SSSR count). The molecular weight excluding hydrogens is 596 g/mol. The van der Waals surface area contributed by atoms with Crippen molar-refractivity contribution in [3.63, 3.8) is 0 Å². The monoisotopic (exact) mass is 644 g/mol. The van der Waals surface area contributed by atoms with Gasteiger partial charge in [0.25, 0.3) is 0 Å². The number of fused-ring (bicyclic) bond motifs is 1. The standard InChI is InChI=1S/C10H7.C9H12.C8H10.C5H11.C4H9O.3K.Li.Na/c1-2-6-10-8-4-3-7-9(10)5-1;1-8(2)9-6-4-3-5-7-9;1-2-8-6-4-3-5-7-8;1-4-5(2)3;1-4(2,3)5;;;;;/h1-3,5-8H;3-8H,1-2H3;3-7H,2H2,1H3;5H,2,4H2,1,3H3;1-3H3;;;;;/q-1;;;2*-1;5*+1. The molecule has 0 aliphatic carbocycles. The molecule has 0 spiro atoms. The molecule has 0 bridgehead atoms. The minimum Gasteiger partial charge on any atom is -0.850 e. The fourth-order valence-corrected chi connectivity index (χ4v) is 2.62. The quantitative estimate of drug-likeness (QED) is 0.162. The Balaban J connectivity index is -0.0000000961. The molecule has 0 saturated carbocycles. The molecule has 0 aromatic heterocycles. The van der Waals surface area contributed by atoms with Gasteiger partial charge in [-0.2, -0.15) is 30.2 Å². The van der Waals surface area contributed by atoms with Crippen molar-refractivity contribution in [2.24, 2.45) is 5.92 Å². The van der Waals surface area contributed by atoms with Crippen molar-refractivity contribution in [2.75, 3.05) is 0 Å². The van der Waals surface area contributed by atoms with E-state index in [1.54, 1.807) is 20.8 Å². The predicted octanol–water partition coefficient (Wildman–Crippen LogP) is -5.27. The molecule has 0 heterocycles. The number of hydrogen-bond donors (Lipinski definition) is 0. The zero-order chi connectivity index (χ0) is 28.1. The van der Waals surface area contributed by atoms with E-state index in [0.29, 0.717) is 11.8 Å². The zero-order valence-electron chi connectivity index (χ0n) is 29.5. The average Bonchev–Trinajstić information content (AvgIpc) is 2.90. The van der Waals surface area contributed by atoms with Crippen molar-refractivity contribution in [2.45, 2.75) is 79.8 Å². The second-order valence-corrected chi connectivity index (χ2v) is 10.3. The van der Waals surface area contributed by atoms with Crippen LogP contribution >= 0.6 is 0 Å². The van der Waals surface area contributed by atoms with Crippen LogP contribution in [0.4, 0.5) is 0 Å². The summed E-state index contributed by atoms with van der Waals surface area (Å²) in [5.74, 6) is 1.29. The van der Waals surface area contributed by atoms with Gasteiger partial charge in [-0.15, -0.1) is 22.4 Å². The van der Waals surface area contributed by atoms with Crippen LogP contribution in [0.3, 0.4) is 0 Å². The van der Waals surface area contributed by atoms with Gasteiger partial charge in [-0.1, -0.05) is 141 Å². The number of benzene rings is 4. The summed E-state index contributed by atoms with van der Waals surface area (Å²) in [5.41, 5.74) is 2.07. The Labute approximate surface area is 422 Å². The average molecular weight is 645 g/mol. The maximum atomic E-state index is 10.1. The number of hydrogen-bond acceptors (Lipinski definition) is 1. The van der Waals surface area contributed by atoms with Gasteiger partial charge in [0.15, 0.2) is 0 Å². The molecule has 0 saturated heterocycles. The molecule has 0 N–H and O–H groups in total. The van der Waals surface area contributed by atoms with Crippen molar-refractivity contribution in [3.8, 4) is 0 Å². The topological polar surface area (TPSA) is 23.1 Å². The van der Waals surface area contributed by atoms with Gasteiger partial charge >= 0.3 is 203 Å². The molecular formula is C36H49K3LiNaO+2. The maximum Gasteiger partial charge on any atom is 1.00 e. The fraction of sp³-hybridized carbons (Fsp3) is 0.361. The Morgan fingerprint density at radius 2 is 1.10 bits per heavy atom. The van der Waals surface area contributed by atoms with Crippen molar-refractivity contribution in [1.29, 1.82) is 0 Å². The van der Waals surface area contributed by atoms with E-state index in [1.807, 2.05) is 36.4 Å². The Morgan fingerprint density at radius 3 is 1.40 bits per heavy atom. The molecule has 0 fully saturated rings. The molecule has 1 unspecified atom stereocenters. The fourth-order valence-electron chi connectivity index (χ4n) is 2.62. The molecule has 202 valence electrons. The molecule has 0 radical (unpaired) electrons. The van der Waals surface area contributed by atoms with E-state index < -0.39 is 5.60 Å². The van der Waals surface area contributed by atoms with E-state index in [2.05, 4.69) is 114 Å². The van der Waals surface area contributed by atoms with Crippen LogP contribution < -0.4 is 208 Å². The van der Waals surface area contributed by atoms with Gasteiger partial charge in [0.05, 0.1) is 0 Å². The largest absolute Gasteiger partial charge is 1.00 e. The Bertz CT molecular complexity index is 986. The predicted molar refractivity (Wildman–Crippen MR) is 164 cm³/mol. The van der Waals surface area contributed by atoms with Crippen molar-refractivity contribution in [1.82, 2.24) is 0 Å². The van der Waals surface area contributed by atoms with E-state index in [0.717, 1.165) is 6.42 Å². The first-order chi connectivity index (χ1) is 17.5. The second kappa shape index (κ2) is 37.4. The van der Waals surface area contributed by atoms with E-state index in [-0.39, 0.29) is 203 Å². The van der Waals surface area contributed by atoms with Gasteiger partial charge in [-0.3, -0.25) is 0 Å². The molecule has 6 heteroatoms. The summed E-state index contributed by atoms with van der Waals surface area (Å²) in [6.45, 7) is 19.5. The zero-order valence-corrected chi connectivity index (χ0v) is 40.9. The van der Waals surface area contributed by atoms with E-state index in [1.165, 1.54) is 28.3 Å². The van der Waals surface area contributed by atoms with Gasteiger partial charge in [-0.25, -0.2) is 0 Å². The van der Waals surface area contributed by atoms with Gasteiger partial charge in [0, 0.05) is 0 Å². The van der Waals surface area contributed by atoms with Crippen LogP contribution in [-0.4, -0.2) is 5.60 Å². The van der Waals surface area contributed by atoms with Crippen LogP contribution in [0.5, 0.6) is 0 Å². The van der Waals surface area contributed by atoms with Crippen LogP contribution in [0, 0.1) is 18.9 Å². The van der Waals surface area contributed by atoms with Crippen LogP contribution in [0.25, 0.3) is 10.8 Å². The molecule has 4 aromatic rings. The van der Waals surface area contributed by atoms with Crippen molar-refractivity contribution in [3.05, 3.63) is 127 Å². The molecule has 0 aliphatic rings. The first-order valence-corrected chi connectivity index (χ1v) is 13.4. The number of aryl methyl sites for hydroxylation is 1. The first-order valence-electron chi connectivity index (χ1n) is 13.4. The Hall–Kier alpha value is 3.61. The van der Waals surface area contributed by atoms with Crippen LogP contribution in [0.15, 0.2) is 103 Å². The van der Waals surface area contributed by atoms with E-state index in [4.69, 9.17) is 0 Å². The minimum atomic E-state index is -0.750. The number of rotatable bonds is 3. The first kappa shape index (κ1) is 57.8. The van der Waals surface area contributed by atoms with Crippen LogP contribution in [-0.2, 0) is 6.42 Å². The minimum absolute atomic E-state index is 0. The van der Waals surface area contributed by atoms with Gasteiger partial charge in [-0.05, 0) is 23.5 Å². The second-order valence-electron chi connectivity index (χ2n) is 10.3. The third-order valence-corrected chi connectivity index (χ3v) is 5.01. The van der Waals surface area contributed by atoms with Crippen LogP contribution in [0.2, 0.25) is 0 Å². The summed E-state index contributed by atoms with van der Waals surface area (Å²) in [7, 11) is 0. The molecule has 4 aromatic carbocycles. The molecule has 1 atom stereocenters. The van der Waals surface area contributed by atoms with E-state index in [9.17, 15) is 5.11 Å². The van der Waals surface area contributed by atoms with Crippen LogP contribution in [0.1, 0.15) is 78.9 Å². The maximum absolute atomic E-state index is 10.1. The van der Waals surface area contributed by atoms with Crippen molar-refractivity contribution < 1.29 is 208 Å². The summed E-state index contributed by atoms with van der Waals surface area (Å²) in [6.07, 6.45) is 2.33. The third kappa shape index (κ3) is 38.1. The van der Waals surface area contributed by atoms with Gasteiger partial charge in [0.2, 0.25) is 0 Å². The normalized spacial score (nSPS) is 9.50. The summed E-state index contributed by atoms with van der Waals surface area (Å²) >= 11 is 0. The summed E-state index contributed by atoms with van der Waals surface area (Å²) in [6, 6.07) is 38.3. The van der Waals surface area contributed by atoms with Gasteiger partial charge in [0.1, 0.15) is 0 Å². The molecule has 0 amide bonds. The summed E-state index contributed by atoms with van der Waals surface area (Å²) in [5, 5.41) is 12.6.